The minimum Gasteiger partial charge on any atom is -0.494 e. The largest absolute Gasteiger partial charge is 0.494 e. The molecule has 2 amide bonds. The van der Waals surface area contributed by atoms with Crippen LogP contribution in [0.3, 0.4) is 0 Å². The first-order valence-electron chi connectivity index (χ1n) is 10.5. The number of halogens is 3. The topological polar surface area (TPSA) is 110 Å². The Kier molecular flexibility index (Phi) is 6.42. The van der Waals surface area contributed by atoms with Crippen LogP contribution in [0.25, 0.3) is 10.9 Å². The summed E-state index contributed by atoms with van der Waals surface area (Å²) < 4.78 is 45.9. The summed E-state index contributed by atoms with van der Waals surface area (Å²) in [7, 11) is 1.41. The van der Waals surface area contributed by atoms with Gasteiger partial charge in [0.1, 0.15) is 23.7 Å². The number of hydrogen-bond acceptors (Lipinski definition) is 6. The van der Waals surface area contributed by atoms with E-state index in [1.165, 1.54) is 13.2 Å². The van der Waals surface area contributed by atoms with Gasteiger partial charge in [0, 0.05) is 30.7 Å². The molecule has 1 aromatic carbocycles. The van der Waals surface area contributed by atoms with Gasteiger partial charge in [0.25, 0.3) is 5.91 Å². The van der Waals surface area contributed by atoms with Crippen LogP contribution in [-0.4, -0.2) is 63.4 Å². The number of methoxy groups -OCH3 is 1. The van der Waals surface area contributed by atoms with Crippen LogP contribution in [0, 0.1) is 0 Å². The van der Waals surface area contributed by atoms with Gasteiger partial charge in [0.2, 0.25) is 5.91 Å². The molecule has 180 valence electrons. The van der Waals surface area contributed by atoms with Crippen LogP contribution in [-0.2, 0) is 11.0 Å². The fourth-order valence-electron chi connectivity index (χ4n) is 3.91. The van der Waals surface area contributed by atoms with Crippen LogP contribution in [0.4, 0.5) is 18.9 Å². The number of carbonyl (C=O) groups is 2. The molecule has 3 aromatic rings. The van der Waals surface area contributed by atoms with Gasteiger partial charge in [0.15, 0.2) is 0 Å². The molecule has 2 N–H and O–H groups in total. The molecule has 1 saturated heterocycles. The van der Waals surface area contributed by atoms with Gasteiger partial charge in [-0.3, -0.25) is 14.3 Å². The molecule has 1 aliphatic rings. The molecule has 4 rings (SSSR count). The molecule has 3 heterocycles. The molecule has 1 fully saturated rings. The van der Waals surface area contributed by atoms with Gasteiger partial charge in [-0.1, -0.05) is 6.07 Å². The molecular weight excluding hydrogens is 455 g/mol. The van der Waals surface area contributed by atoms with Crippen molar-refractivity contribution in [2.75, 3.05) is 32.1 Å². The number of piperidine rings is 1. The highest BCUT2D eigenvalue weighted by atomic mass is 19.4. The lowest BCUT2D eigenvalue weighted by molar-refractivity contribution is -0.141. The number of rotatable bonds is 5. The number of amides is 2. The Morgan fingerprint density at radius 2 is 1.97 bits per heavy atom. The molecular formula is C22H22F3N5O4. The van der Waals surface area contributed by atoms with E-state index >= 15 is 0 Å². The van der Waals surface area contributed by atoms with Crippen molar-refractivity contribution in [2.45, 2.75) is 25.1 Å². The van der Waals surface area contributed by atoms with Gasteiger partial charge >= 0.3 is 6.18 Å². The average Bonchev–Trinajstić information content (AvgIpc) is 3.25. The second kappa shape index (κ2) is 9.29. The highest BCUT2D eigenvalue weighted by Gasteiger charge is 2.33. The molecule has 0 unspecified atom stereocenters. The van der Waals surface area contributed by atoms with Crippen molar-refractivity contribution in [1.29, 1.82) is 0 Å². The fourth-order valence-corrected chi connectivity index (χ4v) is 3.91. The Balaban J connectivity index is 1.55. The molecule has 0 aliphatic carbocycles. The van der Waals surface area contributed by atoms with E-state index in [1.54, 1.807) is 27.9 Å². The van der Waals surface area contributed by atoms with Crippen LogP contribution < -0.4 is 10.1 Å². The summed E-state index contributed by atoms with van der Waals surface area (Å²) in [6, 6.07) is 6.42. The van der Waals surface area contributed by atoms with Crippen molar-refractivity contribution in [3.8, 4) is 5.75 Å². The van der Waals surface area contributed by atoms with Crippen molar-refractivity contribution in [3.63, 3.8) is 0 Å². The zero-order valence-electron chi connectivity index (χ0n) is 18.2. The first-order valence-corrected chi connectivity index (χ1v) is 10.5. The third-order valence-electron chi connectivity index (χ3n) is 5.69. The zero-order chi connectivity index (χ0) is 24.5. The van der Waals surface area contributed by atoms with Crippen molar-refractivity contribution in [1.82, 2.24) is 19.7 Å². The van der Waals surface area contributed by atoms with E-state index in [0.29, 0.717) is 42.6 Å². The van der Waals surface area contributed by atoms with Crippen molar-refractivity contribution in [3.05, 3.63) is 47.9 Å². The molecule has 2 aromatic heterocycles. The summed E-state index contributed by atoms with van der Waals surface area (Å²) >= 11 is 0. The molecule has 34 heavy (non-hydrogen) atoms. The number of ether oxygens (including phenoxy) is 1. The number of carbonyl (C=O) groups excluding carboxylic acids is 2. The molecule has 0 radical (unpaired) electrons. The molecule has 0 saturated carbocycles. The minimum absolute atomic E-state index is 0.0495. The summed E-state index contributed by atoms with van der Waals surface area (Å²) in [6.07, 6.45) is -1.52. The lowest BCUT2D eigenvalue weighted by atomic mass is 10.1. The Morgan fingerprint density at radius 3 is 2.62 bits per heavy atom. The van der Waals surface area contributed by atoms with Crippen LogP contribution in [0.5, 0.6) is 5.75 Å². The van der Waals surface area contributed by atoms with E-state index in [9.17, 15) is 22.8 Å². The number of hydrogen-bond donors (Lipinski definition) is 2. The zero-order valence-corrected chi connectivity index (χ0v) is 18.2. The molecule has 1 aliphatic heterocycles. The number of alkyl halides is 3. The van der Waals surface area contributed by atoms with Gasteiger partial charge in [-0.05, 0) is 31.0 Å². The van der Waals surface area contributed by atoms with E-state index in [4.69, 9.17) is 9.84 Å². The molecule has 12 heteroatoms. The van der Waals surface area contributed by atoms with Crippen molar-refractivity contribution < 1.29 is 32.6 Å². The quantitative estimate of drug-likeness (QED) is 0.585. The van der Waals surface area contributed by atoms with Crippen molar-refractivity contribution in [2.24, 2.45) is 0 Å². The smallest absolute Gasteiger partial charge is 0.433 e. The Bertz CT molecular complexity index is 1220. The summed E-state index contributed by atoms with van der Waals surface area (Å²) in [5.41, 5.74) is -0.657. The predicted molar refractivity (Wildman–Crippen MR) is 115 cm³/mol. The van der Waals surface area contributed by atoms with Crippen molar-refractivity contribution >= 4 is 28.4 Å². The third kappa shape index (κ3) is 4.81. The summed E-state index contributed by atoms with van der Waals surface area (Å²) in [5.74, 6) is -0.817. The van der Waals surface area contributed by atoms with Crippen LogP contribution in [0.1, 0.15) is 35.1 Å². The SMILES string of the molecule is COc1cc2nn(C3CCN(C(=O)CO)CC3)cc2cc1NC(=O)c1cccc(C(F)(F)F)n1. The van der Waals surface area contributed by atoms with E-state index in [2.05, 4.69) is 15.4 Å². The summed E-state index contributed by atoms with van der Waals surface area (Å²) in [4.78, 5) is 29.3. The molecule has 0 atom stereocenters. The fraction of sp³-hybridized carbons (Fsp3) is 0.364. The maximum Gasteiger partial charge on any atom is 0.433 e. The second-order valence-electron chi connectivity index (χ2n) is 7.85. The Morgan fingerprint density at radius 1 is 1.24 bits per heavy atom. The van der Waals surface area contributed by atoms with E-state index in [0.717, 1.165) is 12.1 Å². The summed E-state index contributed by atoms with van der Waals surface area (Å²) in [5, 5.41) is 16.9. The molecule has 9 nitrogen and oxygen atoms in total. The number of fused-ring (bicyclic) bond motifs is 1. The number of aromatic nitrogens is 3. The monoisotopic (exact) mass is 477 g/mol. The lowest BCUT2D eigenvalue weighted by Gasteiger charge is -2.31. The van der Waals surface area contributed by atoms with Gasteiger partial charge in [0.05, 0.1) is 24.4 Å². The first-order chi connectivity index (χ1) is 16.2. The normalized spacial score (nSPS) is 14.9. The van der Waals surface area contributed by atoms with Crippen LogP contribution >= 0.6 is 0 Å². The number of likely N-dealkylation sites (tertiary alicyclic amines) is 1. The number of benzene rings is 1. The van der Waals surface area contributed by atoms with Gasteiger partial charge < -0.3 is 20.1 Å². The highest BCUT2D eigenvalue weighted by Crippen LogP contribution is 2.32. The minimum atomic E-state index is -4.66. The summed E-state index contributed by atoms with van der Waals surface area (Å²) in [6.45, 7) is 0.504. The van der Waals surface area contributed by atoms with Crippen LogP contribution in [0.15, 0.2) is 36.5 Å². The van der Waals surface area contributed by atoms with E-state index < -0.39 is 24.4 Å². The Labute approximate surface area is 192 Å². The third-order valence-corrected chi connectivity index (χ3v) is 5.69. The number of aliphatic hydroxyl groups is 1. The van der Waals surface area contributed by atoms with Gasteiger partial charge in [-0.15, -0.1) is 0 Å². The van der Waals surface area contributed by atoms with E-state index in [1.807, 2.05) is 0 Å². The standard InChI is InChI=1S/C22H22F3N5O4/c1-34-18-10-16-13(11-30(28-16)14-5-7-29(8-6-14)20(32)12-31)9-17(18)27-21(33)15-3-2-4-19(26-15)22(23,24)25/h2-4,9-11,14,31H,5-8,12H2,1H3,(H,27,33). The number of aliphatic hydroxyl groups excluding tert-OH is 1. The predicted octanol–water partition coefficient (Wildman–Crippen LogP) is 2.87. The maximum atomic E-state index is 12.9. The van der Waals surface area contributed by atoms with Gasteiger partial charge in [-0.2, -0.15) is 18.3 Å². The first kappa shape index (κ1) is 23.5. The maximum absolute atomic E-state index is 12.9. The second-order valence-corrected chi connectivity index (χ2v) is 7.85. The molecule has 0 spiro atoms. The number of pyridine rings is 1. The number of nitrogens with one attached hydrogen (secondary N) is 1. The molecule has 0 bridgehead atoms. The number of nitrogens with zero attached hydrogens (tertiary/aromatic N) is 4. The highest BCUT2D eigenvalue weighted by molar-refractivity contribution is 6.05. The van der Waals surface area contributed by atoms with Crippen LogP contribution in [0.2, 0.25) is 0 Å². The van der Waals surface area contributed by atoms with E-state index in [-0.39, 0.29) is 23.3 Å². The average molecular weight is 477 g/mol. The lowest BCUT2D eigenvalue weighted by Crippen LogP contribution is -2.40. The van der Waals surface area contributed by atoms with Gasteiger partial charge in [-0.25, -0.2) is 4.98 Å². The number of anilines is 1. The Hall–Kier alpha value is -3.67.